The van der Waals surface area contributed by atoms with Crippen LogP contribution in [0, 0.1) is 140 Å². The molecule has 5 aromatic carbocycles. The minimum Gasteiger partial charge on any atom is -0.486 e. The van der Waals surface area contributed by atoms with Crippen molar-refractivity contribution in [1.82, 2.24) is 9.44 Å². The molecule has 32 atom stereocenters. The molecule has 0 aliphatic heterocycles. The first-order valence-corrected chi connectivity index (χ1v) is 53.3. The van der Waals surface area contributed by atoms with Gasteiger partial charge in [0.05, 0.1) is 34.2 Å². The van der Waals surface area contributed by atoms with Crippen molar-refractivity contribution in [1.29, 1.82) is 0 Å². The fraction of sp³-hybridized carbons (Fsp3) is 0.544. The van der Waals surface area contributed by atoms with Gasteiger partial charge in [0.25, 0.3) is 11.8 Å². The van der Waals surface area contributed by atoms with Crippen LogP contribution < -0.4 is 18.9 Å². The van der Waals surface area contributed by atoms with Crippen LogP contribution in [0.25, 0.3) is 10.8 Å². The van der Waals surface area contributed by atoms with E-state index in [-0.39, 0.29) is 162 Å². The van der Waals surface area contributed by atoms with Crippen LogP contribution in [0.15, 0.2) is 214 Å². The molecule has 10 N–H and O–H groups in total. The number of aliphatic hydroxyl groups excluding tert-OH is 4. The van der Waals surface area contributed by atoms with Gasteiger partial charge in [0.1, 0.15) is 47.1 Å². The third-order valence-corrected chi connectivity index (χ3v) is 41.6. The highest BCUT2D eigenvalue weighted by Gasteiger charge is 2.74. The Morgan fingerprint density at radius 1 is 0.400 bits per heavy atom. The first-order chi connectivity index (χ1) is 65.9. The summed E-state index contributed by atoms with van der Waals surface area (Å²) < 4.78 is 42.3. The fourth-order valence-electron chi connectivity index (χ4n) is 32.0. The van der Waals surface area contributed by atoms with Crippen LogP contribution in [-0.4, -0.2) is 156 Å². The Bertz CT molecular complexity index is 6020. The number of aryl methyl sites for hydroxylation is 2. The fourth-order valence-corrected chi connectivity index (χ4v) is 34.2. The van der Waals surface area contributed by atoms with Crippen molar-refractivity contribution in [2.45, 2.75) is 255 Å². The third-order valence-electron chi connectivity index (χ3n) is 39.0. The van der Waals surface area contributed by atoms with Crippen LogP contribution in [0.5, 0.6) is 11.5 Å². The highest BCUT2D eigenvalue weighted by atomic mass is 35.5. The van der Waals surface area contributed by atoms with Gasteiger partial charge in [-0.05, 0) is 303 Å². The maximum absolute atomic E-state index is 13.6. The van der Waals surface area contributed by atoms with E-state index in [9.17, 15) is 87.6 Å². The van der Waals surface area contributed by atoms with Gasteiger partial charge in [-0.25, -0.2) is 8.42 Å². The van der Waals surface area contributed by atoms with Crippen molar-refractivity contribution >= 4 is 102 Å². The third kappa shape index (κ3) is 16.5. The van der Waals surface area contributed by atoms with Gasteiger partial charge in [-0.3, -0.25) is 47.8 Å². The Morgan fingerprint density at radius 2 is 0.729 bits per heavy atom. The summed E-state index contributed by atoms with van der Waals surface area (Å²) in [5.74, 6) is 0.00510. The standard InChI is InChI=1S/C32H36O5.C28H32Cl2O5.2C27H33NO5S/c1-19-14-24-25-11-13-32(36,28(35)18-37-23-9-8-20-6-4-5-7-21(20)15-23)31(25,3)17-27(34)29(24)30(2)12-10-22(33)16-26(19)30;1-15-8-20-21-5-7-28(34,24(33)14-35-19-10-16(29)9-17(30)11-19)27(21,3)13-23(32)25(20)26(2)6-4-18(31)12-22(15)26;2*1-16-4-7-19(8-5-16)34(33)28-24(31)27(32)13-11-21-20-9-6-17-14-18(29)10-12-25(17,2)23(20)22(30)15-26(21,27)3/h4-10,12,15-16,19,24-25,27,29,34,36H,11,13-14,17-18H2,1-3H3;4,6,9-12,15,20-21,23,25,32,34H,5,7-8,13-14H2,1-3H3;2*4-5,7-8,10,12,14,20-23,30,32H,6,9,11,13,15H2,1-3H3,(H,28,31)/t19-,24?,25?,27-,29?,30?,31?,32-;15-,20?,21?,23-,25?,26?,27?,28-;20?,21?,22-,23?,25?,26?,27-,34+;20?,21?,22-,23?,25?,26?,27-,34-/m0000/s1. The van der Waals surface area contributed by atoms with Crippen LogP contribution in [0.2, 0.25) is 10.0 Å². The van der Waals surface area contributed by atoms with E-state index in [0.717, 1.165) is 89.1 Å². The van der Waals surface area contributed by atoms with Gasteiger partial charge in [0.2, 0.25) is 11.6 Å². The molecule has 12 fully saturated rings. The monoisotopic (exact) mass is 1980 g/mol. The van der Waals surface area contributed by atoms with E-state index in [1.165, 1.54) is 0 Å². The van der Waals surface area contributed by atoms with E-state index in [4.69, 9.17) is 32.7 Å². The van der Waals surface area contributed by atoms with Crippen molar-refractivity contribution in [3.63, 3.8) is 0 Å². The molecule has 5 aromatic rings. The summed E-state index contributed by atoms with van der Waals surface area (Å²) in [6.45, 7) is 23.9. The number of aliphatic hydroxyl groups is 8. The normalized spacial score (nSPS) is 41.5. The zero-order chi connectivity index (χ0) is 100. The number of amides is 2. The van der Waals surface area contributed by atoms with Crippen LogP contribution in [0.1, 0.15) is 196 Å². The molecular weight excluding hydrogens is 1850 g/mol. The number of carbonyl (C=O) groups is 8. The second kappa shape index (κ2) is 36.9. The maximum atomic E-state index is 13.6. The number of allylic oxidation sites excluding steroid dienone is 16. The highest BCUT2D eigenvalue weighted by molar-refractivity contribution is 7.84. The summed E-state index contributed by atoms with van der Waals surface area (Å²) in [5.41, 5.74) is -4.91. The lowest BCUT2D eigenvalue weighted by Gasteiger charge is -2.60. The van der Waals surface area contributed by atoms with E-state index < -0.39 is 119 Å². The lowest BCUT2D eigenvalue weighted by atomic mass is 9.45. The topological polar surface area (TPSA) is 375 Å². The number of ether oxygens (including phenoxy) is 2. The van der Waals surface area contributed by atoms with Crippen LogP contribution in [0.4, 0.5) is 0 Å². The van der Waals surface area contributed by atoms with Crippen LogP contribution in [0.3, 0.4) is 0 Å². The predicted molar refractivity (Wildman–Crippen MR) is 534 cm³/mol. The molecule has 0 bridgehead atoms. The van der Waals surface area contributed by atoms with Gasteiger partial charge in [-0.15, -0.1) is 0 Å². The van der Waals surface area contributed by atoms with Gasteiger partial charge in [-0.1, -0.05) is 205 Å². The molecule has 0 spiro atoms. The first kappa shape index (κ1) is 101. The van der Waals surface area contributed by atoms with Gasteiger partial charge in [0, 0.05) is 77.0 Å². The number of Topliss-reactive ketones (excluding diaryl/α,β-unsaturated/α-hetero) is 2. The number of benzene rings is 5. The Balaban J connectivity index is 0.000000124. The van der Waals surface area contributed by atoms with Gasteiger partial charge >= 0.3 is 0 Å². The van der Waals surface area contributed by atoms with Crippen LogP contribution >= 0.6 is 23.2 Å². The van der Waals surface area contributed by atoms with Gasteiger partial charge in [-0.2, -0.15) is 0 Å². The van der Waals surface area contributed by atoms with E-state index in [0.29, 0.717) is 76.3 Å². The molecule has 0 radical (unpaired) electrons. The second-order valence-electron chi connectivity index (χ2n) is 46.1. The predicted octanol–water partition coefficient (Wildman–Crippen LogP) is 16.5. The van der Waals surface area contributed by atoms with Crippen molar-refractivity contribution in [3.05, 3.63) is 226 Å². The smallest absolute Gasteiger partial charge is 0.264 e. The molecule has 0 saturated heterocycles. The summed E-state index contributed by atoms with van der Waals surface area (Å²) >= 11 is 12.1. The molecule has 22 nitrogen and oxygen atoms in total. The summed E-state index contributed by atoms with van der Waals surface area (Å²) in [6.07, 6.45) is 28.6. The number of nitrogens with one attached hydrogen (secondary N) is 2. The average Bonchev–Trinajstić information content (AvgIpc) is 1.48. The number of hydrogen-bond donors (Lipinski definition) is 10. The molecule has 16 aliphatic carbocycles. The number of rotatable bonds is 14. The Kier molecular flexibility index (Phi) is 26.7. The number of carbonyl (C=O) groups excluding carboxylic acids is 8. The number of halogens is 2. The lowest BCUT2D eigenvalue weighted by molar-refractivity contribution is -0.180. The van der Waals surface area contributed by atoms with E-state index in [2.05, 4.69) is 51.0 Å². The zero-order valence-electron chi connectivity index (χ0n) is 81.9. The number of ketones is 6. The number of hydrogen-bond acceptors (Lipinski definition) is 20. The van der Waals surface area contributed by atoms with Gasteiger partial charge < -0.3 is 50.3 Å². The summed E-state index contributed by atoms with van der Waals surface area (Å²) in [6, 6.07) is 32.6. The van der Waals surface area contributed by atoms with Crippen LogP contribution in [-0.2, 0) is 60.3 Å². The molecule has 2 amide bonds. The SMILES string of the molecule is C[C@H]1CC2C([C@@H](O)CC3(C)C2CC[C@]3(O)C(=O)COc2cc(Cl)cc(Cl)c2)C2(C)C=CC(=O)C=C12.C[C@H]1CC2C([C@@H](O)CC3(C)C2CC[C@]3(O)C(=O)COc2ccc3ccccc3c2)C2(C)C=CC(=O)C=C12.Cc1ccc([S@@](=O)NC(=O)[C@@]2(O)CCC3C4CCC5=CC(=O)C=CC5(C)C4[C@@H](O)CC32C)cc1.Cc1ccc([S@](=O)NC(=O)[C@@]2(O)CCC3C4CCC5=CC(=O)C=CC5(C)C4[C@@H](O)CC32C)cc1. The molecule has 746 valence electrons. The van der Waals surface area contributed by atoms with E-state index in [1.54, 1.807) is 91.1 Å². The van der Waals surface area contributed by atoms with Gasteiger partial charge in [0.15, 0.2) is 45.1 Å². The summed E-state index contributed by atoms with van der Waals surface area (Å²) in [7, 11) is -3.55. The van der Waals surface area contributed by atoms with Crippen molar-refractivity contribution < 1.29 is 97.1 Å². The maximum Gasteiger partial charge on any atom is 0.264 e. The number of fused-ring (bicyclic) bond motifs is 21. The van der Waals surface area contributed by atoms with Crippen molar-refractivity contribution in [3.8, 4) is 11.5 Å². The molecule has 140 heavy (non-hydrogen) atoms. The quantitative estimate of drug-likeness (QED) is 0.0494. The molecule has 12 saturated carbocycles. The summed E-state index contributed by atoms with van der Waals surface area (Å²) in [4.78, 5) is 103. The molecule has 0 heterocycles. The summed E-state index contributed by atoms with van der Waals surface area (Å²) in [5, 5.41) is 96.3. The second-order valence-corrected chi connectivity index (χ2v) is 49.4. The Labute approximate surface area is 835 Å². The first-order valence-electron chi connectivity index (χ1n) is 50.2. The molecule has 16 aliphatic rings. The van der Waals surface area contributed by atoms with Crippen molar-refractivity contribution in [2.24, 2.45) is 126 Å². The molecule has 20 unspecified atom stereocenters. The highest BCUT2D eigenvalue weighted by Crippen LogP contribution is 2.73. The largest absolute Gasteiger partial charge is 0.486 e. The zero-order valence-corrected chi connectivity index (χ0v) is 85.0. The molecular formula is C114H134Cl2N2O20S2. The molecule has 26 heteroatoms. The van der Waals surface area contributed by atoms with E-state index in [1.807, 2.05) is 133 Å². The Morgan fingerprint density at radius 3 is 1.11 bits per heavy atom. The Hall–Kier alpha value is -8.60. The van der Waals surface area contributed by atoms with Crippen molar-refractivity contribution in [2.75, 3.05) is 13.2 Å². The average molecular weight is 1990 g/mol. The molecule has 21 rings (SSSR count). The minimum atomic E-state index is -1.78. The lowest BCUT2D eigenvalue weighted by Crippen LogP contribution is -2.63. The van der Waals surface area contributed by atoms with E-state index >= 15 is 0 Å². The molecule has 0 aromatic heterocycles. The minimum absolute atomic E-state index is 0.000239.